The molecule has 1 fully saturated rings. The summed E-state index contributed by atoms with van der Waals surface area (Å²) in [5.41, 5.74) is 2.94. The standard InChI is InChI=1S/C31H38O5S2/c1-37-18-11-19-38-31-30(35-23-26-16-9-4-10-17-26)29(34-22-25-14-7-3-8-15-25)28(27(20-32)36-31)33-21-24-12-5-2-6-13-24/h2-10,12-17,27-32H,11,18-23H2,1H3/t27?,28-,29?,30?,31-/m0/s1. The van der Waals surface area contributed by atoms with Gasteiger partial charge in [-0.25, -0.2) is 0 Å². The summed E-state index contributed by atoms with van der Waals surface area (Å²) in [6.07, 6.45) is 1.39. The molecule has 7 heteroatoms. The lowest BCUT2D eigenvalue weighted by molar-refractivity contribution is -0.251. The Kier molecular flexibility index (Phi) is 12.5. The van der Waals surface area contributed by atoms with Crippen molar-refractivity contribution in [2.75, 3.05) is 24.4 Å². The highest BCUT2D eigenvalue weighted by Crippen LogP contribution is 2.35. The molecule has 0 saturated carbocycles. The maximum atomic E-state index is 10.4. The van der Waals surface area contributed by atoms with Crippen molar-refractivity contribution in [3.8, 4) is 0 Å². The molecule has 38 heavy (non-hydrogen) atoms. The average molecular weight is 555 g/mol. The molecule has 204 valence electrons. The van der Waals surface area contributed by atoms with E-state index in [0.29, 0.717) is 19.8 Å². The minimum atomic E-state index is -0.519. The Morgan fingerprint density at radius 2 is 1.13 bits per heavy atom. The van der Waals surface area contributed by atoms with Gasteiger partial charge in [-0.1, -0.05) is 91.0 Å². The molecule has 1 aliphatic rings. The first kappa shape index (κ1) is 29.2. The molecule has 1 heterocycles. The third-order valence-electron chi connectivity index (χ3n) is 6.40. The molecular weight excluding hydrogens is 516 g/mol. The number of ether oxygens (including phenoxy) is 4. The number of rotatable bonds is 15. The van der Waals surface area contributed by atoms with Crippen molar-refractivity contribution >= 4 is 23.5 Å². The van der Waals surface area contributed by atoms with Crippen molar-refractivity contribution in [1.82, 2.24) is 0 Å². The van der Waals surface area contributed by atoms with Crippen molar-refractivity contribution in [1.29, 1.82) is 0 Å². The number of hydrogen-bond donors (Lipinski definition) is 1. The van der Waals surface area contributed by atoms with E-state index in [2.05, 4.69) is 30.5 Å². The predicted molar refractivity (Wildman–Crippen MR) is 156 cm³/mol. The van der Waals surface area contributed by atoms with Crippen LogP contribution >= 0.6 is 23.5 Å². The van der Waals surface area contributed by atoms with Crippen molar-refractivity contribution in [3.63, 3.8) is 0 Å². The first-order valence-electron chi connectivity index (χ1n) is 13.1. The molecule has 0 spiro atoms. The quantitative estimate of drug-likeness (QED) is 0.233. The van der Waals surface area contributed by atoms with Crippen molar-refractivity contribution < 1.29 is 24.1 Å². The van der Waals surface area contributed by atoms with Crippen LogP contribution in [0.25, 0.3) is 0 Å². The normalized spacial score (nSPS) is 23.4. The smallest absolute Gasteiger partial charge is 0.132 e. The van der Waals surface area contributed by atoms with Gasteiger partial charge >= 0.3 is 0 Å². The van der Waals surface area contributed by atoms with E-state index < -0.39 is 18.3 Å². The van der Waals surface area contributed by atoms with Gasteiger partial charge in [0.2, 0.25) is 0 Å². The van der Waals surface area contributed by atoms with E-state index in [1.807, 2.05) is 78.5 Å². The van der Waals surface area contributed by atoms with E-state index in [1.165, 1.54) is 0 Å². The van der Waals surface area contributed by atoms with Crippen LogP contribution in [0.4, 0.5) is 0 Å². The average Bonchev–Trinajstić information content (AvgIpc) is 2.98. The van der Waals surface area contributed by atoms with Crippen LogP contribution in [0.2, 0.25) is 0 Å². The SMILES string of the molecule is CSCCCS[C@@H]1OC(CO)[C@H](OCc2ccccc2)C(OCc2ccccc2)C1OCc1ccccc1. The van der Waals surface area contributed by atoms with Gasteiger partial charge in [0.1, 0.15) is 29.9 Å². The second-order valence-electron chi connectivity index (χ2n) is 9.23. The first-order chi connectivity index (χ1) is 18.8. The monoisotopic (exact) mass is 554 g/mol. The van der Waals surface area contributed by atoms with Crippen LogP contribution < -0.4 is 0 Å². The summed E-state index contributed by atoms with van der Waals surface area (Å²) in [5.74, 6) is 2.03. The maximum Gasteiger partial charge on any atom is 0.132 e. The van der Waals surface area contributed by atoms with Crippen LogP contribution in [0.15, 0.2) is 91.0 Å². The Morgan fingerprint density at radius 1 is 0.658 bits per heavy atom. The van der Waals surface area contributed by atoms with Crippen LogP contribution in [0.5, 0.6) is 0 Å². The summed E-state index contributed by atoms with van der Waals surface area (Å²) >= 11 is 3.58. The molecule has 3 aromatic rings. The zero-order valence-corrected chi connectivity index (χ0v) is 23.5. The van der Waals surface area contributed by atoms with Crippen molar-refractivity contribution in [2.45, 2.75) is 56.1 Å². The number of benzene rings is 3. The molecule has 3 aromatic carbocycles. The molecule has 0 bridgehead atoms. The first-order valence-corrected chi connectivity index (χ1v) is 15.6. The maximum absolute atomic E-state index is 10.4. The third-order valence-corrected chi connectivity index (χ3v) is 8.33. The largest absolute Gasteiger partial charge is 0.394 e. The Balaban J connectivity index is 1.57. The van der Waals surface area contributed by atoms with E-state index in [-0.39, 0.29) is 18.1 Å². The van der Waals surface area contributed by atoms with Gasteiger partial charge in [-0.15, -0.1) is 11.8 Å². The van der Waals surface area contributed by atoms with Gasteiger partial charge in [-0.05, 0) is 40.9 Å². The fourth-order valence-electron chi connectivity index (χ4n) is 4.43. The minimum Gasteiger partial charge on any atom is -0.394 e. The van der Waals surface area contributed by atoms with Gasteiger partial charge in [-0.3, -0.25) is 0 Å². The zero-order valence-electron chi connectivity index (χ0n) is 21.9. The van der Waals surface area contributed by atoms with E-state index >= 15 is 0 Å². The summed E-state index contributed by atoms with van der Waals surface area (Å²) < 4.78 is 26.1. The molecule has 3 unspecified atom stereocenters. The lowest BCUT2D eigenvalue weighted by atomic mass is 9.99. The fourth-order valence-corrected chi connectivity index (χ4v) is 6.23. The zero-order chi connectivity index (χ0) is 26.4. The minimum absolute atomic E-state index is 0.155. The van der Waals surface area contributed by atoms with Crippen molar-refractivity contribution in [3.05, 3.63) is 108 Å². The highest BCUT2D eigenvalue weighted by atomic mass is 32.2. The fraction of sp³-hybridized carbons (Fsp3) is 0.419. The highest BCUT2D eigenvalue weighted by Gasteiger charge is 2.48. The molecule has 0 aromatic heterocycles. The number of hydrogen-bond acceptors (Lipinski definition) is 7. The predicted octanol–water partition coefficient (Wildman–Crippen LogP) is 5.95. The Morgan fingerprint density at radius 3 is 1.61 bits per heavy atom. The van der Waals surface area contributed by atoms with E-state index in [0.717, 1.165) is 34.6 Å². The third kappa shape index (κ3) is 8.85. The van der Waals surface area contributed by atoms with Gasteiger partial charge in [0, 0.05) is 0 Å². The summed E-state index contributed by atoms with van der Waals surface area (Å²) in [4.78, 5) is 0. The van der Waals surface area contributed by atoms with Crippen LogP contribution in [0.3, 0.4) is 0 Å². The van der Waals surface area contributed by atoms with Gasteiger partial charge < -0.3 is 24.1 Å². The molecule has 1 N–H and O–H groups in total. The Labute approximate surface area is 235 Å². The molecular formula is C31H38O5S2. The molecule has 0 aliphatic carbocycles. The van der Waals surface area contributed by atoms with Crippen LogP contribution in [-0.4, -0.2) is 59.3 Å². The Bertz CT molecular complexity index is 1020. The summed E-state index contributed by atoms with van der Waals surface area (Å²) in [6.45, 7) is 1.10. The topological polar surface area (TPSA) is 57.2 Å². The lowest BCUT2D eigenvalue weighted by Crippen LogP contribution is -2.60. The summed E-state index contributed by atoms with van der Waals surface area (Å²) in [7, 11) is 0. The lowest BCUT2D eigenvalue weighted by Gasteiger charge is -2.45. The number of thioether (sulfide) groups is 2. The molecule has 1 saturated heterocycles. The van der Waals surface area contributed by atoms with Crippen LogP contribution in [-0.2, 0) is 38.8 Å². The highest BCUT2D eigenvalue weighted by molar-refractivity contribution is 8.00. The molecule has 5 nitrogen and oxygen atoms in total. The van der Waals surface area contributed by atoms with Crippen LogP contribution in [0, 0.1) is 0 Å². The van der Waals surface area contributed by atoms with Crippen LogP contribution in [0.1, 0.15) is 23.1 Å². The molecule has 1 aliphatic heterocycles. The van der Waals surface area contributed by atoms with Gasteiger partial charge in [0.15, 0.2) is 0 Å². The van der Waals surface area contributed by atoms with Gasteiger partial charge in [0.25, 0.3) is 0 Å². The van der Waals surface area contributed by atoms with E-state index in [4.69, 9.17) is 18.9 Å². The molecule has 5 atom stereocenters. The summed E-state index contributed by atoms with van der Waals surface area (Å²) in [5, 5.41) is 10.4. The molecule has 4 rings (SSSR count). The van der Waals surface area contributed by atoms with Gasteiger partial charge in [-0.2, -0.15) is 11.8 Å². The number of aliphatic hydroxyl groups excluding tert-OH is 1. The van der Waals surface area contributed by atoms with E-state index in [9.17, 15) is 5.11 Å². The van der Waals surface area contributed by atoms with Crippen molar-refractivity contribution in [2.24, 2.45) is 0 Å². The molecule has 0 radical (unpaired) electrons. The van der Waals surface area contributed by atoms with Gasteiger partial charge in [0.05, 0.1) is 26.4 Å². The second-order valence-corrected chi connectivity index (χ2v) is 11.4. The van der Waals surface area contributed by atoms with E-state index in [1.54, 1.807) is 11.8 Å². The second kappa shape index (κ2) is 16.3. The number of aliphatic hydroxyl groups is 1. The Hall–Kier alpha value is -1.84. The summed E-state index contributed by atoms with van der Waals surface area (Å²) in [6, 6.07) is 30.3. The molecule has 0 amide bonds.